The summed E-state index contributed by atoms with van der Waals surface area (Å²) in [6, 6.07) is 19.5. The lowest BCUT2D eigenvalue weighted by Gasteiger charge is -2.32. The largest absolute Gasteiger partial charge is 0.492 e. The van der Waals surface area contributed by atoms with Crippen molar-refractivity contribution in [1.82, 2.24) is 20.4 Å². The minimum atomic E-state index is -1.23. The molecule has 6 rings (SSSR count). The fourth-order valence-electron chi connectivity index (χ4n) is 16.3. The molecule has 0 saturated heterocycles. The van der Waals surface area contributed by atoms with Gasteiger partial charge in [0, 0.05) is 137 Å². The van der Waals surface area contributed by atoms with E-state index in [4.69, 9.17) is 46.6 Å². The van der Waals surface area contributed by atoms with Crippen molar-refractivity contribution >= 4 is 70.3 Å². The molecule has 2 aliphatic rings. The molecule has 0 unspecified atom stereocenters. The Balaban J connectivity index is 0.000000455. The van der Waals surface area contributed by atoms with Crippen LogP contribution in [0.1, 0.15) is 301 Å². The zero-order valence-electron chi connectivity index (χ0n) is 77.6. The van der Waals surface area contributed by atoms with Crippen LogP contribution < -0.4 is 52.5 Å². The van der Waals surface area contributed by atoms with E-state index >= 15 is 0 Å². The van der Waals surface area contributed by atoms with Crippen LogP contribution in [-0.4, -0.2) is 170 Å². The van der Waals surface area contributed by atoms with Crippen LogP contribution in [0, 0.1) is 46.3 Å². The highest BCUT2D eigenvalue weighted by Crippen LogP contribution is 2.44. The van der Waals surface area contributed by atoms with Gasteiger partial charge in [-0.05, 0) is 143 Å². The minimum absolute atomic E-state index is 0.0126. The predicted molar refractivity (Wildman–Crippen MR) is 493 cm³/mol. The summed E-state index contributed by atoms with van der Waals surface area (Å²) in [6.45, 7) is 12.6. The first kappa shape index (κ1) is 108. The molecule has 0 aromatic heterocycles. The first-order valence-electron chi connectivity index (χ1n) is 46.7. The van der Waals surface area contributed by atoms with Crippen LogP contribution in [0.3, 0.4) is 0 Å². The van der Waals surface area contributed by atoms with E-state index in [1.165, 1.54) is 114 Å². The molecule has 0 aliphatic carbocycles. The number of fused-ring (bicyclic) bond motifs is 10. The smallest absolute Gasteiger partial charge is 0.344 e. The van der Waals surface area contributed by atoms with E-state index in [1.54, 1.807) is 107 Å². The number of carbonyl (C=O) groups excluding carboxylic acids is 11. The first-order chi connectivity index (χ1) is 61.4. The van der Waals surface area contributed by atoms with Crippen molar-refractivity contribution in [2.75, 3.05) is 66.7 Å². The lowest BCUT2D eigenvalue weighted by Crippen LogP contribution is -2.46. The quantitative estimate of drug-likeness (QED) is 0.0159. The van der Waals surface area contributed by atoms with Crippen LogP contribution >= 0.6 is 0 Å². The molecule has 2 aliphatic heterocycles. The van der Waals surface area contributed by atoms with Crippen molar-refractivity contribution in [1.29, 1.82) is 10.5 Å². The molecule has 8 bridgehead atoms. The Kier molecular flexibility index (Phi) is 49.9. The molecule has 11 N–H and O–H groups in total. The number of esters is 1. The molecule has 0 radical (unpaired) electrons. The maximum Gasteiger partial charge on any atom is 0.344 e. The molecule has 28 nitrogen and oxygen atoms in total. The number of carboxylic acids is 1. The van der Waals surface area contributed by atoms with E-state index in [1.807, 2.05) is 12.1 Å². The number of Topliss-reactive ketones (excluding diaryl/α,β-unsaturated/α-hetero) is 6. The standard InChI is InChI=1S/C52H77N5O9.C48H69N5O9/c1-7-8-9-10-11-12-13-14-15-16-17-19-40(58)33-39(25-27-54)51(63)57(6)49-38-22-24-46(64-29-28-55)42(34-38)41-31-37(21-23-47(41)65-35-48(61)66-52(3,4)5)32-43(44(59)20-18-26-53)56-50(62)36(2)30-45(49)60;1-4-5-6-7-8-9-10-11-12-13-14-16-37(54)30-36(22-24-50)48(60)53(3)46-35-19-21-43(61-26-25-51)39(31-35)38-28-34(18-20-44(38)62-32-45(57)58)29-40(41(55)17-15-23-49)52-47(59)33(2)27-42(46)56/h21-24,31,34,36,39,43,49H,7-20,25,27-30,32-33,35,54-55H2,1-6H3,(H,56,62);18-21,28,31,33,36,40,46H,4-17,22,24-27,29-30,32,50-51H2,1-3H3,(H,52,59)(H,57,58)/t36-,39-,43+,49+;33-,36-,40+,46+/m11/s1. The zero-order chi connectivity index (χ0) is 94.1. The van der Waals surface area contributed by atoms with Gasteiger partial charge in [-0.2, -0.15) is 10.5 Å². The van der Waals surface area contributed by atoms with Crippen LogP contribution in [0.25, 0.3) is 22.3 Å². The first-order valence-corrected chi connectivity index (χ1v) is 46.7. The van der Waals surface area contributed by atoms with Gasteiger partial charge in [-0.25, -0.2) is 9.59 Å². The predicted octanol–water partition coefficient (Wildman–Crippen LogP) is 14.8. The van der Waals surface area contributed by atoms with Gasteiger partial charge >= 0.3 is 11.9 Å². The number of nitrogens with one attached hydrogen (secondary N) is 2. The Morgan fingerprint density at radius 1 is 0.461 bits per heavy atom. The Labute approximate surface area is 758 Å². The van der Waals surface area contributed by atoms with Crippen molar-refractivity contribution in [3.8, 4) is 57.4 Å². The number of likely N-dealkylation sites (N-methyl/N-ethyl adjacent to an activating group) is 2. The number of hydrogen-bond acceptors (Lipinski definition) is 23. The molecule has 128 heavy (non-hydrogen) atoms. The van der Waals surface area contributed by atoms with E-state index in [9.17, 15) is 73.2 Å². The maximum atomic E-state index is 14.7. The number of benzene rings is 4. The van der Waals surface area contributed by atoms with Gasteiger partial charge in [0.15, 0.2) is 36.3 Å². The van der Waals surface area contributed by atoms with E-state index in [-0.39, 0.29) is 151 Å². The lowest BCUT2D eigenvalue weighted by atomic mass is 9.88. The van der Waals surface area contributed by atoms with Gasteiger partial charge in [-0.1, -0.05) is 180 Å². The fraction of sp³-hybridized carbons (Fsp3) is 0.620. The summed E-state index contributed by atoms with van der Waals surface area (Å²) in [6.07, 6.45) is 25.8. The Morgan fingerprint density at radius 3 is 1.13 bits per heavy atom. The minimum Gasteiger partial charge on any atom is -0.492 e. The maximum absolute atomic E-state index is 14.7. The molecule has 8 atom stereocenters. The van der Waals surface area contributed by atoms with Gasteiger partial charge in [-0.15, -0.1) is 0 Å². The highest BCUT2D eigenvalue weighted by atomic mass is 16.6. The number of carboxylic acid groups (broad SMARTS) is 1. The molecule has 28 heteroatoms. The molecule has 704 valence electrons. The highest BCUT2D eigenvalue weighted by Gasteiger charge is 2.39. The average molecular weight is 1780 g/mol. The van der Waals surface area contributed by atoms with Crippen molar-refractivity contribution in [3.05, 3.63) is 95.1 Å². The second kappa shape index (κ2) is 59.0. The highest BCUT2D eigenvalue weighted by molar-refractivity contribution is 5.99. The molecule has 4 aromatic rings. The summed E-state index contributed by atoms with van der Waals surface area (Å²) in [7, 11) is 3.02. The summed E-state index contributed by atoms with van der Waals surface area (Å²) in [5, 5.41) is 33.6. The number of ether oxygens (including phenoxy) is 5. The van der Waals surface area contributed by atoms with Gasteiger partial charge in [0.05, 0.1) is 24.2 Å². The van der Waals surface area contributed by atoms with Crippen molar-refractivity contribution < 1.29 is 86.3 Å². The topological polar surface area (TPSA) is 453 Å². The monoisotopic (exact) mass is 1780 g/mol. The number of nitrogens with zero attached hydrogens (tertiary/aromatic N) is 4. The zero-order valence-corrected chi connectivity index (χ0v) is 77.6. The second-order valence-corrected chi connectivity index (χ2v) is 35.2. The molecular weight excluding hydrogens is 1630 g/mol. The molecule has 0 fully saturated rings. The molecule has 4 aromatic carbocycles. The molecule has 0 saturated carbocycles. The number of aliphatic carboxylic acids is 1. The second-order valence-electron chi connectivity index (χ2n) is 35.2. The van der Waals surface area contributed by atoms with E-state index in [0.29, 0.717) is 68.8 Å². The Morgan fingerprint density at radius 2 is 0.797 bits per heavy atom. The summed E-state index contributed by atoms with van der Waals surface area (Å²) < 4.78 is 29.5. The van der Waals surface area contributed by atoms with Crippen LogP contribution in [0.2, 0.25) is 0 Å². The number of amides is 4. The van der Waals surface area contributed by atoms with Crippen LogP contribution in [0.5, 0.6) is 23.0 Å². The average Bonchev–Trinajstić information content (AvgIpc) is 0.781. The summed E-state index contributed by atoms with van der Waals surface area (Å²) in [5.41, 5.74) is 26.6. The van der Waals surface area contributed by atoms with Crippen molar-refractivity contribution in [3.63, 3.8) is 0 Å². The molecule has 4 amide bonds. The van der Waals surface area contributed by atoms with Crippen LogP contribution in [0.15, 0.2) is 72.8 Å². The van der Waals surface area contributed by atoms with Gasteiger partial charge in [0.1, 0.15) is 65.5 Å². The third-order valence-electron chi connectivity index (χ3n) is 23.2. The van der Waals surface area contributed by atoms with Crippen LogP contribution in [-0.2, 0) is 75.1 Å². The van der Waals surface area contributed by atoms with Gasteiger partial charge in [0.2, 0.25) is 23.6 Å². The summed E-state index contributed by atoms with van der Waals surface area (Å²) >= 11 is 0. The number of nitriles is 2. The molecular formula is C100H146N10O18. The third kappa shape index (κ3) is 37.8. The van der Waals surface area contributed by atoms with Crippen molar-refractivity contribution in [2.45, 2.75) is 309 Å². The number of carbonyl (C=O) groups is 12. The van der Waals surface area contributed by atoms with Gasteiger partial charge < -0.3 is 72.2 Å². The molecule has 2 heterocycles. The van der Waals surface area contributed by atoms with E-state index in [2.05, 4.69) is 24.5 Å². The van der Waals surface area contributed by atoms with Crippen molar-refractivity contribution in [2.24, 2.45) is 46.6 Å². The Bertz CT molecular complexity index is 4340. The SMILES string of the molecule is CCCCCCCCCCCCCC(=O)C[C@@H](CCN)C(=O)N(C)[C@@H]1C(=O)C[C@@H](C)C(=O)N[C@H](C(=O)CCC#N)Cc2ccc(OCC(=O)O)c(c2)-c2cc1ccc2OCCN.CCCCCCCCCCCCCC(=O)C[C@@H](CCN)C(=O)N(C)[C@@H]1C(=O)C[C@@H](C)C(=O)N[C@H](C(=O)CCC#N)Cc2ccc(OCC(=O)OC(C)(C)C)c(c2)-c2cc1ccc2OCCN. The molecule has 0 spiro atoms. The summed E-state index contributed by atoms with van der Waals surface area (Å²) in [4.78, 5) is 167. The van der Waals surface area contributed by atoms with Gasteiger partial charge in [-0.3, -0.25) is 47.9 Å². The lowest BCUT2D eigenvalue weighted by molar-refractivity contribution is -0.157. The Hall–Kier alpha value is -10.3. The third-order valence-corrected chi connectivity index (χ3v) is 23.2. The number of nitrogens with two attached hydrogens (primary N) is 4. The fourth-order valence-corrected chi connectivity index (χ4v) is 16.3. The number of hydrogen-bond donors (Lipinski definition) is 7. The number of ketones is 6. The number of rotatable bonds is 54. The van der Waals surface area contributed by atoms with E-state index in [0.717, 1.165) is 51.4 Å². The summed E-state index contributed by atoms with van der Waals surface area (Å²) in [5.74, 6) is -7.79. The normalized spacial score (nSPS) is 16.9. The van der Waals surface area contributed by atoms with E-state index < -0.39 is 114 Å². The van der Waals surface area contributed by atoms with Crippen LogP contribution in [0.4, 0.5) is 0 Å². The number of unbranched alkanes of at least 4 members (excludes halogenated alkanes) is 20. The van der Waals surface area contributed by atoms with Gasteiger partial charge in [0.25, 0.3) is 0 Å².